The van der Waals surface area contributed by atoms with Gasteiger partial charge in [0.1, 0.15) is 5.60 Å². The number of hydrogen-bond acceptors (Lipinski definition) is 4. The third-order valence-corrected chi connectivity index (χ3v) is 3.94. The van der Waals surface area contributed by atoms with Crippen molar-refractivity contribution in [3.05, 3.63) is 0 Å². The minimum atomic E-state index is -0.395. The fraction of sp³-hybridized carbons (Fsp3) is 0.923. The van der Waals surface area contributed by atoms with Crippen LogP contribution in [0.5, 0.6) is 0 Å². The Morgan fingerprint density at radius 3 is 2.39 bits per heavy atom. The summed E-state index contributed by atoms with van der Waals surface area (Å²) in [7, 11) is 4.01. The Labute approximate surface area is 109 Å². The lowest BCUT2D eigenvalue weighted by molar-refractivity contribution is -0.110. The van der Waals surface area contributed by atoms with Crippen molar-refractivity contribution in [1.82, 2.24) is 15.3 Å². The van der Waals surface area contributed by atoms with Gasteiger partial charge in [-0.2, -0.15) is 0 Å². The topological polar surface area (TPSA) is 44.8 Å². The number of nitrogens with one attached hydrogen (secondary N) is 1. The number of rotatable bonds is 2. The summed E-state index contributed by atoms with van der Waals surface area (Å²) in [5.41, 5.74) is 3.12. The van der Waals surface area contributed by atoms with Crippen molar-refractivity contribution in [2.75, 3.05) is 27.2 Å². The summed E-state index contributed by atoms with van der Waals surface area (Å²) in [6, 6.07) is 0.607. The number of carbonyl (C=O) groups excluding carboxylic acids is 1. The van der Waals surface area contributed by atoms with E-state index in [1.165, 1.54) is 12.8 Å². The normalized spacial score (nSPS) is 22.9. The number of ether oxygens (including phenoxy) is 1. The number of nitrogens with zero attached hydrogens (tertiary/aromatic N) is 2. The zero-order valence-electron chi connectivity index (χ0n) is 12.1. The summed E-state index contributed by atoms with van der Waals surface area (Å²) in [5.74, 6) is 0. The highest BCUT2D eigenvalue weighted by Gasteiger charge is 2.55. The fourth-order valence-electron chi connectivity index (χ4n) is 2.87. The summed E-state index contributed by atoms with van der Waals surface area (Å²) in [4.78, 5) is 13.6. The first kappa shape index (κ1) is 13.6. The molecule has 5 heteroatoms. The van der Waals surface area contributed by atoms with Crippen molar-refractivity contribution in [3.63, 3.8) is 0 Å². The molecule has 1 N–H and O–H groups in total. The van der Waals surface area contributed by atoms with Crippen molar-refractivity contribution >= 4 is 6.09 Å². The first-order valence-electron chi connectivity index (χ1n) is 6.63. The maximum Gasteiger partial charge on any atom is 0.410 e. The Bertz CT molecular complexity index is 324. The number of hydrazine groups is 1. The quantitative estimate of drug-likeness (QED) is 0.759. The monoisotopic (exact) mass is 255 g/mol. The maximum atomic E-state index is 11.8. The van der Waals surface area contributed by atoms with Gasteiger partial charge in [-0.1, -0.05) is 0 Å². The molecule has 18 heavy (non-hydrogen) atoms. The van der Waals surface area contributed by atoms with E-state index in [-0.39, 0.29) is 6.09 Å². The van der Waals surface area contributed by atoms with Crippen molar-refractivity contribution in [2.24, 2.45) is 5.41 Å². The molecule has 1 saturated heterocycles. The van der Waals surface area contributed by atoms with Crippen LogP contribution in [-0.4, -0.2) is 54.8 Å². The molecule has 104 valence electrons. The van der Waals surface area contributed by atoms with Gasteiger partial charge in [-0.05, 0) is 40.7 Å². The molecule has 1 heterocycles. The van der Waals surface area contributed by atoms with Gasteiger partial charge in [0.25, 0.3) is 0 Å². The van der Waals surface area contributed by atoms with Crippen LogP contribution in [0.4, 0.5) is 4.79 Å². The van der Waals surface area contributed by atoms with Crippen LogP contribution in [0.1, 0.15) is 33.6 Å². The SMILES string of the molecule is CNN(C)C1CC2(C1)CN(C(=O)OC(C)(C)C)C2. The lowest BCUT2D eigenvalue weighted by Crippen LogP contribution is -2.68. The highest BCUT2D eigenvalue weighted by atomic mass is 16.6. The Hall–Kier alpha value is -0.810. The van der Waals surface area contributed by atoms with E-state index >= 15 is 0 Å². The molecule has 1 aliphatic carbocycles. The van der Waals surface area contributed by atoms with E-state index in [2.05, 4.69) is 17.5 Å². The van der Waals surface area contributed by atoms with Gasteiger partial charge in [0.2, 0.25) is 0 Å². The van der Waals surface area contributed by atoms with Crippen molar-refractivity contribution in [1.29, 1.82) is 0 Å². The van der Waals surface area contributed by atoms with E-state index in [0.29, 0.717) is 11.5 Å². The van der Waals surface area contributed by atoms with Gasteiger partial charge in [-0.15, -0.1) is 0 Å². The standard InChI is InChI=1S/C13H25N3O2/c1-12(2,3)18-11(17)16-8-13(9-16)6-10(7-13)15(5)14-4/h10,14H,6-9H2,1-5H3. The minimum absolute atomic E-state index is 0.168. The van der Waals surface area contributed by atoms with Gasteiger partial charge < -0.3 is 9.64 Å². The number of amides is 1. The molecule has 0 bridgehead atoms. The van der Waals surface area contributed by atoms with Crippen LogP contribution in [0, 0.1) is 5.41 Å². The zero-order valence-corrected chi connectivity index (χ0v) is 12.1. The number of hydrogen-bond donors (Lipinski definition) is 1. The van der Waals surface area contributed by atoms with Gasteiger partial charge >= 0.3 is 6.09 Å². The van der Waals surface area contributed by atoms with E-state index in [4.69, 9.17) is 4.74 Å². The lowest BCUT2D eigenvalue weighted by atomic mass is 9.60. The molecule has 2 rings (SSSR count). The second-order valence-electron chi connectivity index (χ2n) is 6.73. The summed E-state index contributed by atoms with van der Waals surface area (Å²) < 4.78 is 5.36. The first-order valence-corrected chi connectivity index (χ1v) is 6.63. The molecule has 0 aromatic heterocycles. The molecule has 1 aliphatic heterocycles. The summed E-state index contributed by atoms with van der Waals surface area (Å²) in [5, 5.41) is 2.15. The molecule has 0 unspecified atom stereocenters. The van der Waals surface area contributed by atoms with Gasteiger partial charge in [0.15, 0.2) is 0 Å². The number of likely N-dealkylation sites (tertiary alicyclic amines) is 1. The lowest BCUT2D eigenvalue weighted by Gasteiger charge is -2.60. The van der Waals surface area contributed by atoms with E-state index in [1.807, 2.05) is 32.7 Å². The molecule has 0 atom stereocenters. The smallest absolute Gasteiger partial charge is 0.410 e. The molecule has 1 saturated carbocycles. The third kappa shape index (κ3) is 2.62. The molecule has 0 radical (unpaired) electrons. The van der Waals surface area contributed by atoms with Crippen LogP contribution in [0.15, 0.2) is 0 Å². The average molecular weight is 255 g/mol. The van der Waals surface area contributed by atoms with E-state index in [9.17, 15) is 4.79 Å². The summed E-state index contributed by atoms with van der Waals surface area (Å²) in [6.45, 7) is 7.43. The Kier molecular flexibility index (Phi) is 3.32. The number of carbonyl (C=O) groups is 1. The highest BCUT2D eigenvalue weighted by molar-refractivity contribution is 5.69. The van der Waals surface area contributed by atoms with Crippen molar-refractivity contribution in [3.8, 4) is 0 Å². The molecule has 0 aromatic rings. The van der Waals surface area contributed by atoms with Crippen LogP contribution < -0.4 is 5.43 Å². The van der Waals surface area contributed by atoms with Crippen LogP contribution in [-0.2, 0) is 4.74 Å². The largest absolute Gasteiger partial charge is 0.444 e. The maximum absolute atomic E-state index is 11.8. The van der Waals surface area contributed by atoms with E-state index in [0.717, 1.165) is 13.1 Å². The zero-order chi connectivity index (χ0) is 13.6. The average Bonchev–Trinajstić information content (AvgIpc) is 2.09. The molecule has 1 spiro atoms. The summed E-state index contributed by atoms with van der Waals surface area (Å²) in [6.07, 6.45) is 2.17. The Balaban J connectivity index is 1.74. The van der Waals surface area contributed by atoms with Gasteiger partial charge in [0.05, 0.1) is 0 Å². The van der Waals surface area contributed by atoms with Gasteiger partial charge in [-0.25, -0.2) is 9.80 Å². The predicted molar refractivity (Wildman–Crippen MR) is 70.1 cm³/mol. The van der Waals surface area contributed by atoms with E-state index < -0.39 is 5.60 Å². The molecule has 5 nitrogen and oxygen atoms in total. The molecule has 2 fully saturated rings. The Morgan fingerprint density at radius 1 is 1.39 bits per heavy atom. The highest BCUT2D eigenvalue weighted by Crippen LogP contribution is 2.49. The van der Waals surface area contributed by atoms with Crippen LogP contribution in [0.2, 0.25) is 0 Å². The molecule has 1 amide bonds. The van der Waals surface area contributed by atoms with Crippen molar-refractivity contribution in [2.45, 2.75) is 45.3 Å². The second kappa shape index (κ2) is 4.38. The third-order valence-electron chi connectivity index (χ3n) is 3.94. The van der Waals surface area contributed by atoms with Crippen LogP contribution >= 0.6 is 0 Å². The minimum Gasteiger partial charge on any atom is -0.444 e. The summed E-state index contributed by atoms with van der Waals surface area (Å²) >= 11 is 0. The van der Waals surface area contributed by atoms with Gasteiger partial charge in [0, 0.05) is 31.6 Å². The Morgan fingerprint density at radius 2 is 1.94 bits per heavy atom. The molecular weight excluding hydrogens is 230 g/mol. The second-order valence-corrected chi connectivity index (χ2v) is 6.73. The molecule has 2 aliphatic rings. The predicted octanol–water partition coefficient (Wildman–Crippen LogP) is 1.45. The molecular formula is C13H25N3O2. The van der Waals surface area contributed by atoms with Crippen LogP contribution in [0.25, 0.3) is 0 Å². The molecule has 0 aromatic carbocycles. The van der Waals surface area contributed by atoms with E-state index in [1.54, 1.807) is 0 Å². The van der Waals surface area contributed by atoms with Crippen molar-refractivity contribution < 1.29 is 9.53 Å². The van der Waals surface area contributed by atoms with Gasteiger partial charge in [-0.3, -0.25) is 5.43 Å². The first-order chi connectivity index (χ1) is 8.25. The fourth-order valence-corrected chi connectivity index (χ4v) is 2.87. The van der Waals surface area contributed by atoms with Crippen LogP contribution in [0.3, 0.4) is 0 Å².